The third-order valence-corrected chi connectivity index (χ3v) is 5.37. The molecule has 2 N–H and O–H groups in total. The second kappa shape index (κ2) is 8.87. The van der Waals surface area contributed by atoms with Crippen LogP contribution < -0.4 is 10.5 Å². The van der Waals surface area contributed by atoms with Gasteiger partial charge in [-0.3, -0.25) is 14.3 Å². The van der Waals surface area contributed by atoms with Crippen molar-refractivity contribution in [3.05, 3.63) is 79.0 Å². The number of ether oxygens (including phenoxy) is 1. The second-order valence-electron chi connectivity index (χ2n) is 7.45. The number of amides is 2. The van der Waals surface area contributed by atoms with Crippen molar-refractivity contribution >= 4 is 11.8 Å². The summed E-state index contributed by atoms with van der Waals surface area (Å²) >= 11 is 0. The van der Waals surface area contributed by atoms with Gasteiger partial charge in [0.2, 0.25) is 5.91 Å². The van der Waals surface area contributed by atoms with Crippen molar-refractivity contribution < 1.29 is 14.3 Å². The van der Waals surface area contributed by atoms with Crippen LogP contribution in [0.1, 0.15) is 23.2 Å². The summed E-state index contributed by atoms with van der Waals surface area (Å²) in [4.78, 5) is 25.9. The summed E-state index contributed by atoms with van der Waals surface area (Å²) in [5.41, 5.74) is 7.23. The molecule has 2 amide bonds. The van der Waals surface area contributed by atoms with Crippen LogP contribution in [0.25, 0.3) is 11.3 Å². The van der Waals surface area contributed by atoms with Gasteiger partial charge in [-0.15, -0.1) is 0 Å². The van der Waals surface area contributed by atoms with Gasteiger partial charge in [-0.25, -0.2) is 0 Å². The van der Waals surface area contributed by atoms with Crippen LogP contribution in [0.5, 0.6) is 11.5 Å². The lowest BCUT2D eigenvalue weighted by molar-refractivity contribution is -0.127. The molecule has 1 aliphatic rings. The van der Waals surface area contributed by atoms with Gasteiger partial charge in [-0.1, -0.05) is 24.8 Å². The lowest BCUT2D eigenvalue weighted by Crippen LogP contribution is -2.37. The Balaban J connectivity index is 1.55. The van der Waals surface area contributed by atoms with Crippen molar-refractivity contribution in [3.63, 3.8) is 0 Å². The Morgan fingerprint density at radius 2 is 1.84 bits per heavy atom. The minimum Gasteiger partial charge on any atom is -0.457 e. The number of rotatable bonds is 7. The monoisotopic (exact) mass is 416 g/mol. The predicted octanol–water partition coefficient (Wildman–Crippen LogP) is 3.62. The third-order valence-electron chi connectivity index (χ3n) is 5.37. The molecule has 0 saturated carbocycles. The van der Waals surface area contributed by atoms with E-state index in [0.717, 1.165) is 24.2 Å². The van der Waals surface area contributed by atoms with Gasteiger partial charge in [-0.05, 0) is 55.3 Å². The van der Waals surface area contributed by atoms with E-state index >= 15 is 0 Å². The standard InChI is InChI=1S/C24H24N4O3/c1-2-22(29)28-14-6-7-18(28)15-27-16-21(24(25)30)23(26-27)17-10-12-20(13-11-17)31-19-8-4-3-5-9-19/h2-5,8-13,16,18H,1,6-7,14-15H2,(H2,25,30)/t18-/m0/s1. The number of carbonyl (C=O) groups excluding carboxylic acids is 2. The molecule has 1 saturated heterocycles. The van der Waals surface area contributed by atoms with E-state index in [1.165, 1.54) is 6.08 Å². The number of para-hydroxylation sites is 1. The highest BCUT2D eigenvalue weighted by atomic mass is 16.5. The van der Waals surface area contributed by atoms with E-state index in [-0.39, 0.29) is 11.9 Å². The summed E-state index contributed by atoms with van der Waals surface area (Å²) < 4.78 is 7.52. The quantitative estimate of drug-likeness (QED) is 0.596. The average molecular weight is 416 g/mol. The number of likely N-dealkylation sites (tertiary alicyclic amines) is 1. The minimum atomic E-state index is -0.545. The van der Waals surface area contributed by atoms with Crippen LogP contribution >= 0.6 is 0 Å². The first-order valence-corrected chi connectivity index (χ1v) is 10.2. The van der Waals surface area contributed by atoms with E-state index in [4.69, 9.17) is 10.5 Å². The molecule has 1 aliphatic heterocycles. The molecule has 0 radical (unpaired) electrons. The largest absolute Gasteiger partial charge is 0.457 e. The van der Waals surface area contributed by atoms with Gasteiger partial charge in [0.25, 0.3) is 5.91 Å². The lowest BCUT2D eigenvalue weighted by atomic mass is 10.1. The number of nitrogens with zero attached hydrogens (tertiary/aromatic N) is 3. The van der Waals surface area contributed by atoms with Crippen LogP contribution in [-0.4, -0.2) is 39.1 Å². The smallest absolute Gasteiger partial charge is 0.252 e. The molecule has 3 aromatic rings. The molecular formula is C24H24N4O3. The van der Waals surface area contributed by atoms with Crippen molar-refractivity contribution in [2.75, 3.05) is 6.54 Å². The normalized spacial score (nSPS) is 15.6. The maximum absolute atomic E-state index is 12.1. The summed E-state index contributed by atoms with van der Waals surface area (Å²) in [6.45, 7) is 4.77. The number of hydrogen-bond donors (Lipinski definition) is 1. The van der Waals surface area contributed by atoms with E-state index in [1.807, 2.05) is 54.6 Å². The molecule has 1 fully saturated rings. The van der Waals surface area contributed by atoms with E-state index < -0.39 is 5.91 Å². The van der Waals surface area contributed by atoms with Crippen LogP contribution in [0.4, 0.5) is 0 Å². The summed E-state index contributed by atoms with van der Waals surface area (Å²) in [5, 5.41) is 4.61. The van der Waals surface area contributed by atoms with Gasteiger partial charge in [-0.2, -0.15) is 5.10 Å². The maximum atomic E-state index is 12.1. The number of primary amides is 1. The summed E-state index contributed by atoms with van der Waals surface area (Å²) in [6.07, 6.45) is 4.80. The molecule has 7 heteroatoms. The van der Waals surface area contributed by atoms with Crippen LogP contribution in [0.3, 0.4) is 0 Å². The summed E-state index contributed by atoms with van der Waals surface area (Å²) in [7, 11) is 0. The van der Waals surface area contributed by atoms with Crippen molar-refractivity contribution in [2.24, 2.45) is 5.73 Å². The topological polar surface area (TPSA) is 90.5 Å². The lowest BCUT2D eigenvalue weighted by Gasteiger charge is -2.23. The van der Waals surface area contributed by atoms with E-state index in [9.17, 15) is 9.59 Å². The highest BCUT2D eigenvalue weighted by Gasteiger charge is 2.28. The molecule has 0 bridgehead atoms. The van der Waals surface area contributed by atoms with Gasteiger partial charge in [0.1, 0.15) is 17.2 Å². The third kappa shape index (κ3) is 4.50. The van der Waals surface area contributed by atoms with E-state index in [0.29, 0.717) is 30.1 Å². The average Bonchev–Trinajstić information content (AvgIpc) is 3.42. The molecular weight excluding hydrogens is 392 g/mol. The van der Waals surface area contributed by atoms with Gasteiger partial charge in [0.15, 0.2) is 0 Å². The SMILES string of the molecule is C=CC(=O)N1CCC[C@H]1Cn1cc(C(N)=O)c(-c2ccc(Oc3ccccc3)cc2)n1. The number of nitrogens with two attached hydrogens (primary N) is 1. The van der Waals surface area contributed by atoms with Crippen LogP contribution in [-0.2, 0) is 11.3 Å². The molecule has 2 heterocycles. The molecule has 1 atom stereocenters. The van der Waals surface area contributed by atoms with E-state index in [2.05, 4.69) is 11.7 Å². The zero-order valence-electron chi connectivity index (χ0n) is 17.1. The van der Waals surface area contributed by atoms with Crippen molar-refractivity contribution in [1.82, 2.24) is 14.7 Å². The van der Waals surface area contributed by atoms with Crippen molar-refractivity contribution in [1.29, 1.82) is 0 Å². The summed E-state index contributed by atoms with van der Waals surface area (Å²) in [6, 6.07) is 16.9. The molecule has 0 aliphatic carbocycles. The highest BCUT2D eigenvalue weighted by molar-refractivity contribution is 5.98. The van der Waals surface area contributed by atoms with Crippen molar-refractivity contribution in [3.8, 4) is 22.8 Å². The van der Waals surface area contributed by atoms with Gasteiger partial charge >= 0.3 is 0 Å². The number of benzene rings is 2. The Morgan fingerprint density at radius 1 is 1.13 bits per heavy atom. The summed E-state index contributed by atoms with van der Waals surface area (Å²) in [5.74, 6) is 0.794. The minimum absolute atomic E-state index is 0.0145. The Kier molecular flexibility index (Phi) is 5.84. The molecule has 158 valence electrons. The van der Waals surface area contributed by atoms with E-state index in [1.54, 1.807) is 15.8 Å². The number of hydrogen-bond acceptors (Lipinski definition) is 4. The molecule has 4 rings (SSSR count). The van der Waals surface area contributed by atoms with Crippen molar-refractivity contribution in [2.45, 2.75) is 25.4 Å². The molecule has 0 spiro atoms. The van der Waals surface area contributed by atoms with Crippen LogP contribution in [0, 0.1) is 0 Å². The maximum Gasteiger partial charge on any atom is 0.252 e. The second-order valence-corrected chi connectivity index (χ2v) is 7.45. The molecule has 31 heavy (non-hydrogen) atoms. The first-order valence-electron chi connectivity index (χ1n) is 10.2. The molecule has 7 nitrogen and oxygen atoms in total. The van der Waals surface area contributed by atoms with Gasteiger partial charge in [0.05, 0.1) is 18.2 Å². The zero-order valence-corrected chi connectivity index (χ0v) is 17.1. The number of aromatic nitrogens is 2. The van der Waals surface area contributed by atoms with Crippen LogP contribution in [0.15, 0.2) is 73.4 Å². The zero-order chi connectivity index (χ0) is 21.8. The first-order chi connectivity index (χ1) is 15.0. The van der Waals surface area contributed by atoms with Gasteiger partial charge < -0.3 is 15.4 Å². The Morgan fingerprint density at radius 3 is 2.52 bits per heavy atom. The highest BCUT2D eigenvalue weighted by Crippen LogP contribution is 2.28. The Bertz CT molecular complexity index is 1090. The van der Waals surface area contributed by atoms with Crippen LogP contribution in [0.2, 0.25) is 0 Å². The first kappa shape index (κ1) is 20.4. The predicted molar refractivity (Wildman–Crippen MR) is 118 cm³/mol. The Hall–Kier alpha value is -3.87. The molecule has 2 aromatic carbocycles. The molecule has 0 unspecified atom stereocenters. The van der Waals surface area contributed by atoms with Gasteiger partial charge in [0, 0.05) is 18.3 Å². The number of carbonyl (C=O) groups is 2. The fourth-order valence-electron chi connectivity index (χ4n) is 3.86. The fraction of sp³-hybridized carbons (Fsp3) is 0.208. The Labute approximate surface area is 180 Å². The molecule has 1 aromatic heterocycles. The fourth-order valence-corrected chi connectivity index (χ4v) is 3.86.